The average Bonchev–Trinajstić information content (AvgIpc) is 3.13. The molecule has 2 aromatic carbocycles. The Morgan fingerprint density at radius 3 is 2.76 bits per heavy atom. The molecule has 3 aromatic rings. The molecule has 0 N–H and O–H groups in total. The number of nitrogens with zero attached hydrogens (tertiary/aromatic N) is 1. The van der Waals surface area contributed by atoms with E-state index in [1.165, 1.54) is 0 Å². The van der Waals surface area contributed by atoms with E-state index < -0.39 is 5.97 Å². The molecule has 1 aliphatic rings. The number of fused-ring (bicyclic) bond motifs is 2. The summed E-state index contributed by atoms with van der Waals surface area (Å²) in [5.41, 5.74) is 1.25. The highest BCUT2D eigenvalue weighted by atomic mass is 16.7. The largest absolute Gasteiger partial charge is 0.454 e. The number of hydrogen-bond donors (Lipinski definition) is 0. The normalized spacial score (nSPS) is 12.2. The molecule has 25 heavy (non-hydrogen) atoms. The molecule has 0 amide bonds. The quantitative estimate of drug-likeness (QED) is 0.539. The minimum Gasteiger partial charge on any atom is -0.454 e. The van der Waals surface area contributed by atoms with E-state index in [-0.39, 0.29) is 24.9 Å². The van der Waals surface area contributed by atoms with Crippen LogP contribution in [-0.2, 0) is 4.74 Å². The van der Waals surface area contributed by atoms with Crippen LogP contribution in [0.1, 0.15) is 20.8 Å². The molecular formula is C19H13NO5. The van der Waals surface area contributed by atoms with Crippen LogP contribution in [0.15, 0.2) is 54.6 Å². The van der Waals surface area contributed by atoms with Gasteiger partial charge in [-0.2, -0.15) is 0 Å². The number of aromatic nitrogens is 1. The number of carbonyl (C=O) groups excluding carboxylic acids is 2. The van der Waals surface area contributed by atoms with E-state index in [1.807, 2.05) is 24.3 Å². The zero-order valence-corrected chi connectivity index (χ0v) is 13.1. The Balaban J connectivity index is 1.44. The Hall–Kier alpha value is -3.41. The van der Waals surface area contributed by atoms with Gasteiger partial charge in [0.25, 0.3) is 0 Å². The number of ether oxygens (including phenoxy) is 3. The van der Waals surface area contributed by atoms with Crippen LogP contribution in [0.2, 0.25) is 0 Å². The molecule has 0 fully saturated rings. The molecule has 0 bridgehead atoms. The molecule has 1 aromatic heterocycles. The lowest BCUT2D eigenvalue weighted by Gasteiger charge is -2.05. The first-order valence-electron chi connectivity index (χ1n) is 7.66. The molecular weight excluding hydrogens is 322 g/mol. The molecule has 0 atom stereocenters. The maximum absolute atomic E-state index is 12.2. The van der Waals surface area contributed by atoms with E-state index in [0.29, 0.717) is 22.6 Å². The van der Waals surface area contributed by atoms with Crippen LogP contribution in [0.5, 0.6) is 11.5 Å². The molecule has 0 radical (unpaired) electrons. The maximum atomic E-state index is 12.2. The van der Waals surface area contributed by atoms with Crippen molar-refractivity contribution in [2.45, 2.75) is 0 Å². The Kier molecular flexibility index (Phi) is 3.78. The molecule has 6 nitrogen and oxygen atoms in total. The SMILES string of the molecule is O=C(COC(=O)c1ccc2ccccc2n1)c1ccc2c(c1)OCO2. The molecule has 0 spiro atoms. The van der Waals surface area contributed by atoms with Crippen molar-refractivity contribution in [3.05, 3.63) is 65.9 Å². The summed E-state index contributed by atoms with van der Waals surface area (Å²) in [6.07, 6.45) is 0. The fourth-order valence-electron chi connectivity index (χ4n) is 2.54. The maximum Gasteiger partial charge on any atom is 0.357 e. The monoisotopic (exact) mass is 335 g/mol. The predicted octanol–water partition coefficient (Wildman–Crippen LogP) is 3.00. The van der Waals surface area contributed by atoms with Crippen LogP contribution < -0.4 is 9.47 Å². The summed E-state index contributed by atoms with van der Waals surface area (Å²) in [5.74, 6) is 0.134. The second-order valence-electron chi connectivity index (χ2n) is 5.46. The number of hydrogen-bond acceptors (Lipinski definition) is 6. The number of para-hydroxylation sites is 1. The second-order valence-corrected chi connectivity index (χ2v) is 5.46. The topological polar surface area (TPSA) is 74.7 Å². The number of Topliss-reactive ketones (excluding diaryl/α,β-unsaturated/α-hetero) is 1. The summed E-state index contributed by atoms with van der Waals surface area (Å²) in [6.45, 7) is -0.234. The van der Waals surface area contributed by atoms with Crippen molar-refractivity contribution in [3.8, 4) is 11.5 Å². The highest BCUT2D eigenvalue weighted by Gasteiger charge is 2.18. The summed E-state index contributed by atoms with van der Waals surface area (Å²) >= 11 is 0. The third kappa shape index (κ3) is 3.01. The van der Waals surface area contributed by atoms with Gasteiger partial charge < -0.3 is 14.2 Å². The highest BCUT2D eigenvalue weighted by Crippen LogP contribution is 2.32. The molecule has 0 saturated heterocycles. The third-order valence-corrected chi connectivity index (χ3v) is 3.84. The number of ketones is 1. The zero-order chi connectivity index (χ0) is 17.2. The van der Waals surface area contributed by atoms with Crippen molar-refractivity contribution in [2.75, 3.05) is 13.4 Å². The van der Waals surface area contributed by atoms with Gasteiger partial charge in [-0.1, -0.05) is 24.3 Å². The Labute approximate surface area is 143 Å². The summed E-state index contributed by atoms with van der Waals surface area (Å²) in [7, 11) is 0. The van der Waals surface area contributed by atoms with Crippen molar-refractivity contribution >= 4 is 22.7 Å². The summed E-state index contributed by atoms with van der Waals surface area (Å²) < 4.78 is 15.5. The fraction of sp³-hybridized carbons (Fsp3) is 0.105. The first kappa shape index (κ1) is 15.1. The smallest absolute Gasteiger partial charge is 0.357 e. The van der Waals surface area contributed by atoms with E-state index in [9.17, 15) is 9.59 Å². The van der Waals surface area contributed by atoms with Crippen LogP contribution in [0, 0.1) is 0 Å². The van der Waals surface area contributed by atoms with Crippen LogP contribution in [-0.4, -0.2) is 30.1 Å². The molecule has 124 valence electrons. The molecule has 0 unspecified atom stereocenters. The van der Waals surface area contributed by atoms with Crippen LogP contribution in [0.25, 0.3) is 10.9 Å². The van der Waals surface area contributed by atoms with Gasteiger partial charge in [0.15, 0.2) is 23.9 Å². The Bertz CT molecular complexity index is 982. The minimum atomic E-state index is -0.639. The van der Waals surface area contributed by atoms with Crippen molar-refractivity contribution < 1.29 is 23.8 Å². The average molecular weight is 335 g/mol. The summed E-state index contributed by atoms with van der Waals surface area (Å²) in [5, 5.41) is 0.926. The fourth-order valence-corrected chi connectivity index (χ4v) is 2.54. The molecule has 1 aliphatic heterocycles. The number of rotatable bonds is 4. The van der Waals surface area contributed by atoms with Crippen molar-refractivity contribution in [1.29, 1.82) is 0 Å². The van der Waals surface area contributed by atoms with Gasteiger partial charge in [0, 0.05) is 10.9 Å². The minimum absolute atomic E-state index is 0.135. The number of benzene rings is 2. The highest BCUT2D eigenvalue weighted by molar-refractivity contribution is 5.99. The van der Waals surface area contributed by atoms with E-state index in [2.05, 4.69) is 4.98 Å². The van der Waals surface area contributed by atoms with Gasteiger partial charge in [-0.05, 0) is 30.3 Å². The molecule has 2 heterocycles. The molecule has 4 rings (SSSR count). The summed E-state index contributed by atoms with van der Waals surface area (Å²) in [4.78, 5) is 28.6. The van der Waals surface area contributed by atoms with Gasteiger partial charge in [-0.3, -0.25) is 4.79 Å². The van der Waals surface area contributed by atoms with Crippen LogP contribution >= 0.6 is 0 Å². The van der Waals surface area contributed by atoms with Gasteiger partial charge in [0.2, 0.25) is 6.79 Å². The van der Waals surface area contributed by atoms with Crippen LogP contribution in [0.3, 0.4) is 0 Å². The first-order chi connectivity index (χ1) is 12.2. The van der Waals surface area contributed by atoms with Crippen molar-refractivity contribution in [3.63, 3.8) is 0 Å². The van der Waals surface area contributed by atoms with Crippen molar-refractivity contribution in [1.82, 2.24) is 4.98 Å². The van der Waals surface area contributed by atoms with E-state index >= 15 is 0 Å². The van der Waals surface area contributed by atoms with Gasteiger partial charge in [-0.25, -0.2) is 9.78 Å². The van der Waals surface area contributed by atoms with Gasteiger partial charge in [0.05, 0.1) is 5.52 Å². The molecule has 6 heteroatoms. The van der Waals surface area contributed by atoms with E-state index in [1.54, 1.807) is 30.3 Å². The first-order valence-corrected chi connectivity index (χ1v) is 7.66. The lowest BCUT2D eigenvalue weighted by Crippen LogP contribution is -2.15. The van der Waals surface area contributed by atoms with Gasteiger partial charge >= 0.3 is 5.97 Å². The molecule has 0 aliphatic carbocycles. The van der Waals surface area contributed by atoms with E-state index in [4.69, 9.17) is 14.2 Å². The lowest BCUT2D eigenvalue weighted by molar-refractivity contribution is 0.0469. The second kappa shape index (κ2) is 6.24. The van der Waals surface area contributed by atoms with E-state index in [0.717, 1.165) is 5.39 Å². The lowest BCUT2D eigenvalue weighted by atomic mass is 10.1. The summed E-state index contributed by atoms with van der Waals surface area (Å²) in [6, 6.07) is 15.7. The number of esters is 1. The third-order valence-electron chi connectivity index (χ3n) is 3.84. The zero-order valence-electron chi connectivity index (χ0n) is 13.1. The standard InChI is InChI=1S/C19H13NO5/c21-16(13-6-8-17-18(9-13)25-11-24-17)10-23-19(22)15-7-5-12-3-1-2-4-14(12)20-15/h1-9H,10-11H2. The Morgan fingerprint density at radius 2 is 1.84 bits per heavy atom. The Morgan fingerprint density at radius 1 is 1.00 bits per heavy atom. The predicted molar refractivity (Wildman–Crippen MR) is 88.9 cm³/mol. The van der Waals surface area contributed by atoms with Gasteiger partial charge in [-0.15, -0.1) is 0 Å². The van der Waals surface area contributed by atoms with Crippen LogP contribution in [0.4, 0.5) is 0 Å². The molecule has 0 saturated carbocycles. The van der Waals surface area contributed by atoms with Crippen molar-refractivity contribution in [2.24, 2.45) is 0 Å². The number of pyridine rings is 1. The van der Waals surface area contributed by atoms with Gasteiger partial charge in [0.1, 0.15) is 5.69 Å². The number of carbonyl (C=O) groups is 2.